The largest absolute Gasteiger partial charge is 0.497 e. The SMILES string of the molecule is COc1ccc(Br)c(CN(C)Cc2ccc(Cl)cc2)c1. The van der Waals surface area contributed by atoms with E-state index in [1.54, 1.807) is 7.11 Å². The third kappa shape index (κ3) is 4.23. The zero-order valence-corrected chi connectivity index (χ0v) is 13.9. The van der Waals surface area contributed by atoms with Crippen LogP contribution in [-0.4, -0.2) is 19.1 Å². The molecule has 0 aromatic heterocycles. The number of halogens is 2. The molecule has 106 valence electrons. The zero-order chi connectivity index (χ0) is 14.5. The van der Waals surface area contributed by atoms with Crippen LogP contribution in [0.1, 0.15) is 11.1 Å². The van der Waals surface area contributed by atoms with Gasteiger partial charge in [0.2, 0.25) is 0 Å². The van der Waals surface area contributed by atoms with Gasteiger partial charge in [-0.3, -0.25) is 4.90 Å². The lowest BCUT2D eigenvalue weighted by molar-refractivity contribution is 0.317. The van der Waals surface area contributed by atoms with Crippen LogP contribution >= 0.6 is 27.5 Å². The molecule has 0 unspecified atom stereocenters. The van der Waals surface area contributed by atoms with E-state index in [1.807, 2.05) is 24.3 Å². The van der Waals surface area contributed by atoms with E-state index in [0.29, 0.717) is 0 Å². The molecule has 0 saturated heterocycles. The summed E-state index contributed by atoms with van der Waals surface area (Å²) < 4.78 is 6.37. The second kappa shape index (κ2) is 7.11. The molecule has 2 aromatic carbocycles. The number of rotatable bonds is 5. The first-order valence-corrected chi connectivity index (χ1v) is 7.51. The summed E-state index contributed by atoms with van der Waals surface area (Å²) in [7, 11) is 3.78. The highest BCUT2D eigenvalue weighted by atomic mass is 79.9. The third-order valence-electron chi connectivity index (χ3n) is 3.06. The molecule has 0 aliphatic rings. The molecule has 20 heavy (non-hydrogen) atoms. The lowest BCUT2D eigenvalue weighted by Gasteiger charge is -2.18. The van der Waals surface area contributed by atoms with Gasteiger partial charge in [0.05, 0.1) is 7.11 Å². The highest BCUT2D eigenvalue weighted by Crippen LogP contribution is 2.24. The summed E-state index contributed by atoms with van der Waals surface area (Å²) in [5.74, 6) is 0.878. The quantitative estimate of drug-likeness (QED) is 0.769. The summed E-state index contributed by atoms with van der Waals surface area (Å²) in [5.41, 5.74) is 2.46. The molecule has 0 aliphatic heterocycles. The predicted octanol–water partition coefficient (Wildman–Crippen LogP) is 4.74. The molecule has 4 heteroatoms. The van der Waals surface area contributed by atoms with Crippen molar-refractivity contribution in [3.05, 3.63) is 63.1 Å². The van der Waals surface area contributed by atoms with Gasteiger partial charge in [-0.1, -0.05) is 39.7 Å². The van der Waals surface area contributed by atoms with Crippen molar-refractivity contribution >= 4 is 27.5 Å². The molecule has 0 amide bonds. The Morgan fingerprint density at radius 1 is 1.10 bits per heavy atom. The van der Waals surface area contributed by atoms with E-state index in [4.69, 9.17) is 16.3 Å². The van der Waals surface area contributed by atoms with Gasteiger partial charge < -0.3 is 4.74 Å². The fourth-order valence-corrected chi connectivity index (χ4v) is 2.55. The minimum absolute atomic E-state index is 0.770. The molecule has 0 saturated carbocycles. The topological polar surface area (TPSA) is 12.5 Å². The monoisotopic (exact) mass is 353 g/mol. The average Bonchev–Trinajstić information content (AvgIpc) is 2.44. The van der Waals surface area contributed by atoms with Crippen molar-refractivity contribution in [2.45, 2.75) is 13.1 Å². The molecule has 0 bridgehead atoms. The predicted molar refractivity (Wildman–Crippen MR) is 87.3 cm³/mol. The van der Waals surface area contributed by atoms with Gasteiger partial charge in [0.1, 0.15) is 5.75 Å². The van der Waals surface area contributed by atoms with Crippen LogP contribution in [-0.2, 0) is 13.1 Å². The van der Waals surface area contributed by atoms with E-state index in [2.05, 4.69) is 46.1 Å². The minimum Gasteiger partial charge on any atom is -0.497 e. The summed E-state index contributed by atoms with van der Waals surface area (Å²) >= 11 is 9.48. The van der Waals surface area contributed by atoms with Gasteiger partial charge in [-0.15, -0.1) is 0 Å². The number of hydrogen-bond donors (Lipinski definition) is 0. The molecule has 2 aromatic rings. The molecular formula is C16H17BrClNO. The Balaban J connectivity index is 2.04. The van der Waals surface area contributed by atoms with Crippen molar-refractivity contribution in [3.63, 3.8) is 0 Å². The van der Waals surface area contributed by atoms with E-state index in [0.717, 1.165) is 28.3 Å². The fraction of sp³-hybridized carbons (Fsp3) is 0.250. The molecule has 0 fully saturated rings. The Kier molecular flexibility index (Phi) is 5.46. The van der Waals surface area contributed by atoms with Gasteiger partial charge in [0.25, 0.3) is 0 Å². The van der Waals surface area contributed by atoms with Crippen molar-refractivity contribution in [1.82, 2.24) is 4.90 Å². The van der Waals surface area contributed by atoms with Gasteiger partial charge >= 0.3 is 0 Å². The highest BCUT2D eigenvalue weighted by Gasteiger charge is 2.06. The van der Waals surface area contributed by atoms with Crippen molar-refractivity contribution < 1.29 is 4.74 Å². The number of benzene rings is 2. The minimum atomic E-state index is 0.770. The Bertz CT molecular complexity index is 571. The summed E-state index contributed by atoms with van der Waals surface area (Å²) in [6.45, 7) is 1.72. The molecule has 0 N–H and O–H groups in total. The normalized spacial score (nSPS) is 10.8. The first kappa shape index (κ1) is 15.4. The van der Waals surface area contributed by atoms with Crippen molar-refractivity contribution in [2.24, 2.45) is 0 Å². The van der Waals surface area contributed by atoms with Crippen LogP contribution in [0.15, 0.2) is 46.9 Å². The molecular weight excluding hydrogens is 338 g/mol. The number of nitrogens with zero attached hydrogens (tertiary/aromatic N) is 1. The summed E-state index contributed by atoms with van der Waals surface area (Å²) in [5, 5.41) is 0.770. The molecule has 2 nitrogen and oxygen atoms in total. The molecule has 0 aliphatic carbocycles. The van der Waals surface area contributed by atoms with Crippen LogP contribution in [0.3, 0.4) is 0 Å². The summed E-state index contributed by atoms with van der Waals surface area (Å²) in [4.78, 5) is 2.25. The van der Waals surface area contributed by atoms with Gasteiger partial charge in [0.15, 0.2) is 0 Å². The maximum Gasteiger partial charge on any atom is 0.119 e. The summed E-state index contributed by atoms with van der Waals surface area (Å²) in [6.07, 6.45) is 0. The van der Waals surface area contributed by atoms with Crippen molar-refractivity contribution in [2.75, 3.05) is 14.2 Å². The van der Waals surface area contributed by atoms with Crippen molar-refractivity contribution in [3.8, 4) is 5.75 Å². The maximum absolute atomic E-state index is 5.90. The Morgan fingerprint density at radius 2 is 1.80 bits per heavy atom. The van der Waals surface area contributed by atoms with E-state index < -0.39 is 0 Å². The lowest BCUT2D eigenvalue weighted by Crippen LogP contribution is -2.17. The van der Waals surface area contributed by atoms with Crippen LogP contribution in [0.4, 0.5) is 0 Å². The van der Waals surface area contributed by atoms with E-state index in [1.165, 1.54) is 11.1 Å². The van der Waals surface area contributed by atoms with Crippen LogP contribution in [0.2, 0.25) is 5.02 Å². The standard InChI is InChI=1S/C16H17BrClNO/c1-19(10-12-3-5-14(18)6-4-12)11-13-9-15(20-2)7-8-16(13)17/h3-9H,10-11H2,1-2H3. The number of hydrogen-bond acceptors (Lipinski definition) is 2. The van der Waals surface area contributed by atoms with Crippen LogP contribution in [0.25, 0.3) is 0 Å². The molecule has 2 rings (SSSR count). The van der Waals surface area contributed by atoms with Gasteiger partial charge in [0, 0.05) is 22.6 Å². The third-order valence-corrected chi connectivity index (χ3v) is 4.08. The van der Waals surface area contributed by atoms with E-state index in [9.17, 15) is 0 Å². The van der Waals surface area contributed by atoms with Gasteiger partial charge in [-0.25, -0.2) is 0 Å². The number of ether oxygens (including phenoxy) is 1. The Labute approximate surface area is 133 Å². The van der Waals surface area contributed by atoms with Crippen LogP contribution in [0, 0.1) is 0 Å². The van der Waals surface area contributed by atoms with Crippen LogP contribution < -0.4 is 4.74 Å². The molecule has 0 atom stereocenters. The molecule has 0 heterocycles. The molecule has 0 radical (unpaired) electrons. The second-order valence-electron chi connectivity index (χ2n) is 4.76. The Morgan fingerprint density at radius 3 is 2.45 bits per heavy atom. The van der Waals surface area contributed by atoms with Crippen LogP contribution in [0.5, 0.6) is 5.75 Å². The first-order chi connectivity index (χ1) is 9.58. The van der Waals surface area contributed by atoms with Gasteiger partial charge in [-0.2, -0.15) is 0 Å². The van der Waals surface area contributed by atoms with Gasteiger partial charge in [-0.05, 0) is 48.5 Å². The average molecular weight is 355 g/mol. The Hall–Kier alpha value is -1.03. The van der Waals surface area contributed by atoms with E-state index >= 15 is 0 Å². The highest BCUT2D eigenvalue weighted by molar-refractivity contribution is 9.10. The lowest BCUT2D eigenvalue weighted by atomic mass is 10.1. The maximum atomic E-state index is 5.90. The fourth-order valence-electron chi connectivity index (χ4n) is 2.05. The zero-order valence-electron chi connectivity index (χ0n) is 11.6. The second-order valence-corrected chi connectivity index (χ2v) is 6.05. The smallest absolute Gasteiger partial charge is 0.119 e. The van der Waals surface area contributed by atoms with Crippen molar-refractivity contribution in [1.29, 1.82) is 0 Å². The number of methoxy groups -OCH3 is 1. The van der Waals surface area contributed by atoms with E-state index in [-0.39, 0.29) is 0 Å². The summed E-state index contributed by atoms with van der Waals surface area (Å²) in [6, 6.07) is 14.0. The molecule has 0 spiro atoms. The first-order valence-electron chi connectivity index (χ1n) is 6.34.